The van der Waals surface area contributed by atoms with Crippen LogP contribution in [0.15, 0.2) is 212 Å². The molecule has 0 aliphatic rings. The minimum atomic E-state index is -0.185. The summed E-state index contributed by atoms with van der Waals surface area (Å²) in [7, 11) is 0. The van der Waals surface area contributed by atoms with Gasteiger partial charge in [0.2, 0.25) is 0 Å². The minimum Gasteiger partial charge on any atom is -0.507 e. The van der Waals surface area contributed by atoms with Crippen molar-refractivity contribution in [3.8, 4) is 61.6 Å². The first-order valence-electron chi connectivity index (χ1n) is 20.8. The molecular weight excluding hydrogens is 743 g/mol. The van der Waals surface area contributed by atoms with Crippen LogP contribution in [0.5, 0.6) is 5.75 Å². The highest BCUT2D eigenvalue weighted by molar-refractivity contribution is 5.84. The third-order valence-corrected chi connectivity index (χ3v) is 11.2. The molecule has 0 saturated carbocycles. The number of phenols is 1. The van der Waals surface area contributed by atoms with Gasteiger partial charge in [-0.05, 0) is 129 Å². The lowest BCUT2D eigenvalue weighted by Gasteiger charge is -2.28. The van der Waals surface area contributed by atoms with Crippen molar-refractivity contribution in [2.45, 2.75) is 32.6 Å². The van der Waals surface area contributed by atoms with Crippen LogP contribution in [-0.4, -0.2) is 15.1 Å². The Morgan fingerprint density at radius 1 is 0.443 bits per heavy atom. The summed E-state index contributed by atoms with van der Waals surface area (Å²) in [5, 5.41) is 11.6. The van der Waals surface area contributed by atoms with Crippen LogP contribution in [0.1, 0.15) is 37.5 Å². The van der Waals surface area contributed by atoms with E-state index in [1.807, 2.05) is 48.7 Å². The maximum absolute atomic E-state index is 11.6. The molecule has 0 radical (unpaired) electrons. The Kier molecular flexibility index (Phi) is 10.8. The summed E-state index contributed by atoms with van der Waals surface area (Å²) in [5.74, 6) is 0.991. The predicted octanol–water partition coefficient (Wildman–Crippen LogP) is 14.9. The van der Waals surface area contributed by atoms with Crippen molar-refractivity contribution >= 4 is 17.2 Å². The number of anilines is 3. The van der Waals surface area contributed by atoms with Crippen molar-refractivity contribution in [1.82, 2.24) is 9.97 Å². The maximum Gasteiger partial charge on any atom is 0.138 e. The highest BCUT2D eigenvalue weighted by Crippen LogP contribution is 2.42. The molecule has 0 bridgehead atoms. The maximum atomic E-state index is 11.6. The highest BCUT2D eigenvalue weighted by Gasteiger charge is 2.22. The minimum absolute atomic E-state index is 0.182. The van der Waals surface area contributed by atoms with Crippen molar-refractivity contribution in [2.24, 2.45) is 0 Å². The topological polar surface area (TPSA) is 49.3 Å². The number of para-hydroxylation sites is 1. The van der Waals surface area contributed by atoms with Gasteiger partial charge < -0.3 is 5.11 Å². The quantitative estimate of drug-likeness (QED) is 0.150. The van der Waals surface area contributed by atoms with Gasteiger partial charge >= 0.3 is 0 Å². The summed E-state index contributed by atoms with van der Waals surface area (Å²) in [6.07, 6.45) is 2.79. The van der Waals surface area contributed by atoms with Gasteiger partial charge in [-0.1, -0.05) is 160 Å². The fourth-order valence-corrected chi connectivity index (χ4v) is 7.85. The molecule has 2 heterocycles. The molecule has 9 aromatic rings. The van der Waals surface area contributed by atoms with Gasteiger partial charge in [0.25, 0.3) is 0 Å². The fourth-order valence-electron chi connectivity index (χ4n) is 7.85. The zero-order valence-corrected chi connectivity index (χ0v) is 34.7. The van der Waals surface area contributed by atoms with Crippen LogP contribution in [0.4, 0.5) is 17.2 Å². The van der Waals surface area contributed by atoms with Crippen LogP contribution in [0.2, 0.25) is 0 Å². The largest absolute Gasteiger partial charge is 0.507 e. The van der Waals surface area contributed by atoms with Gasteiger partial charge in [0.15, 0.2) is 0 Å². The van der Waals surface area contributed by atoms with Crippen molar-refractivity contribution in [1.29, 1.82) is 0 Å². The summed E-state index contributed by atoms with van der Waals surface area (Å²) in [5.41, 5.74) is 14.9. The molecule has 0 aliphatic heterocycles. The Labute approximate surface area is 359 Å². The van der Waals surface area contributed by atoms with E-state index in [1.54, 1.807) is 0 Å². The Morgan fingerprint density at radius 3 is 1.66 bits per heavy atom. The summed E-state index contributed by atoms with van der Waals surface area (Å²) in [6, 6.07) is 71.5. The van der Waals surface area contributed by atoms with Gasteiger partial charge in [0.05, 0.1) is 11.4 Å². The normalized spacial score (nSPS) is 11.3. The van der Waals surface area contributed by atoms with E-state index < -0.39 is 0 Å². The average Bonchev–Trinajstić information content (AvgIpc) is 3.30. The molecule has 0 saturated heterocycles. The van der Waals surface area contributed by atoms with Crippen molar-refractivity contribution in [3.63, 3.8) is 0 Å². The van der Waals surface area contributed by atoms with Gasteiger partial charge in [-0.2, -0.15) is 0 Å². The second-order valence-corrected chi connectivity index (χ2v) is 16.5. The summed E-state index contributed by atoms with van der Waals surface area (Å²) < 4.78 is 0. The number of aromatic hydroxyl groups is 1. The molecule has 2 aromatic heterocycles. The Bertz CT molecular complexity index is 2910. The van der Waals surface area contributed by atoms with Gasteiger partial charge in [0.1, 0.15) is 11.6 Å². The van der Waals surface area contributed by atoms with Crippen molar-refractivity contribution in [2.75, 3.05) is 4.90 Å². The van der Waals surface area contributed by atoms with Gasteiger partial charge in [-0.15, -0.1) is 0 Å². The monoisotopic (exact) mass is 789 g/mol. The second-order valence-electron chi connectivity index (χ2n) is 16.5. The molecule has 0 spiro atoms. The molecule has 4 nitrogen and oxygen atoms in total. The first-order chi connectivity index (χ1) is 29.7. The number of hydrogen-bond donors (Lipinski definition) is 1. The van der Waals surface area contributed by atoms with E-state index >= 15 is 0 Å². The van der Waals surface area contributed by atoms with E-state index in [0.29, 0.717) is 11.3 Å². The molecule has 4 heteroatoms. The molecule has 1 N–H and O–H groups in total. The SMILES string of the molecule is CC(C)(C)c1cc(-c2cc(-c3ccccc3)cc(-c3ccc(-c4ccccc4)cc3O)n2)cc(N(c2ccccc2)c2cc(-c3ccc(Cc4ccccc4)cc3)ccn2)c1. The predicted molar refractivity (Wildman–Crippen MR) is 254 cm³/mol. The lowest BCUT2D eigenvalue weighted by atomic mass is 9.85. The molecule has 0 atom stereocenters. The first-order valence-corrected chi connectivity index (χ1v) is 20.8. The molecule has 7 aromatic carbocycles. The molecule has 0 fully saturated rings. The van der Waals surface area contributed by atoms with Crippen LogP contribution in [0, 0.1) is 0 Å². The Hall–Kier alpha value is -7.56. The molecule has 0 aliphatic carbocycles. The second kappa shape index (κ2) is 17.0. The van der Waals surface area contributed by atoms with Gasteiger partial charge in [-0.3, -0.25) is 4.90 Å². The number of nitrogens with zero attached hydrogens (tertiary/aromatic N) is 3. The van der Waals surface area contributed by atoms with Crippen molar-refractivity contribution < 1.29 is 5.11 Å². The molecule has 0 amide bonds. The number of aromatic nitrogens is 2. The van der Waals surface area contributed by atoms with Crippen LogP contribution in [0.25, 0.3) is 55.9 Å². The lowest BCUT2D eigenvalue weighted by Crippen LogP contribution is -2.16. The molecule has 0 unspecified atom stereocenters. The van der Waals surface area contributed by atoms with E-state index in [1.165, 1.54) is 11.1 Å². The molecule has 9 rings (SSSR count). The van der Waals surface area contributed by atoms with Gasteiger partial charge in [-0.25, -0.2) is 9.97 Å². The standard InChI is InChI=1S/C57H47N3O/c1-57(2,3)49-33-48(53-35-47(43-20-12-6-13-21-43)36-54(59-53)52-29-28-45(37-55(52)61)42-18-10-5-11-19-42)34-51(39-49)60(50-22-14-7-15-23-50)56-38-46(30-31-58-56)44-26-24-41(25-27-44)32-40-16-8-4-9-17-40/h4-31,33-39,61H,32H2,1-3H3. The van der Waals surface area contributed by atoms with Gasteiger partial charge in [0, 0.05) is 28.7 Å². The third kappa shape index (κ3) is 8.76. The van der Waals surface area contributed by atoms with E-state index in [-0.39, 0.29) is 11.2 Å². The van der Waals surface area contributed by atoms with Crippen LogP contribution in [-0.2, 0) is 11.8 Å². The average molecular weight is 790 g/mol. The number of benzene rings is 7. The smallest absolute Gasteiger partial charge is 0.138 e. The zero-order chi connectivity index (χ0) is 41.8. The van der Waals surface area contributed by atoms with E-state index in [4.69, 9.17) is 9.97 Å². The third-order valence-electron chi connectivity index (χ3n) is 11.2. The zero-order valence-electron chi connectivity index (χ0n) is 34.7. The van der Waals surface area contributed by atoms with Crippen LogP contribution < -0.4 is 4.90 Å². The Balaban J connectivity index is 1.16. The number of phenolic OH excluding ortho intramolecular Hbond substituents is 1. The molecular formula is C57H47N3O. The lowest BCUT2D eigenvalue weighted by molar-refractivity contribution is 0.477. The summed E-state index contributed by atoms with van der Waals surface area (Å²) in [4.78, 5) is 12.6. The summed E-state index contributed by atoms with van der Waals surface area (Å²) in [6.45, 7) is 6.73. The first kappa shape index (κ1) is 38.9. The van der Waals surface area contributed by atoms with E-state index in [2.05, 4.69) is 189 Å². The molecule has 61 heavy (non-hydrogen) atoms. The Morgan fingerprint density at radius 2 is 1.00 bits per heavy atom. The van der Waals surface area contributed by atoms with Crippen LogP contribution >= 0.6 is 0 Å². The fraction of sp³-hybridized carbons (Fsp3) is 0.0877. The van der Waals surface area contributed by atoms with Crippen molar-refractivity contribution in [3.05, 3.63) is 229 Å². The van der Waals surface area contributed by atoms with E-state index in [9.17, 15) is 5.11 Å². The number of hydrogen-bond acceptors (Lipinski definition) is 4. The number of rotatable bonds is 10. The summed E-state index contributed by atoms with van der Waals surface area (Å²) >= 11 is 0. The molecule has 296 valence electrons. The highest BCUT2D eigenvalue weighted by atomic mass is 16.3. The van der Waals surface area contributed by atoms with E-state index in [0.717, 1.165) is 73.8 Å². The van der Waals surface area contributed by atoms with Crippen LogP contribution in [0.3, 0.4) is 0 Å². The number of pyridine rings is 2.